The summed E-state index contributed by atoms with van der Waals surface area (Å²) in [6.45, 7) is 9.02. The van der Waals surface area contributed by atoms with Crippen molar-refractivity contribution in [3.05, 3.63) is 0 Å². The Labute approximate surface area is 129 Å². The molecule has 0 rings (SSSR count). The summed E-state index contributed by atoms with van der Waals surface area (Å²) in [5.74, 6) is 0.181. The minimum absolute atomic E-state index is 0. The molecule has 0 bridgehead atoms. The smallest absolute Gasteiger partial charge is 0.219 e. The fourth-order valence-electron chi connectivity index (χ4n) is 1.97. The van der Waals surface area contributed by atoms with Crippen LogP contribution in [0.3, 0.4) is 0 Å². The summed E-state index contributed by atoms with van der Waals surface area (Å²) in [7, 11) is 0. The molecule has 0 unspecified atom stereocenters. The quantitative estimate of drug-likeness (QED) is 0.432. The van der Waals surface area contributed by atoms with E-state index in [-0.39, 0.29) is 13.3 Å². The maximum absolute atomic E-state index is 11.0. The van der Waals surface area contributed by atoms with Gasteiger partial charge in [0.1, 0.15) is 0 Å². The molecule has 0 saturated heterocycles. The van der Waals surface area contributed by atoms with Gasteiger partial charge in [0, 0.05) is 13.0 Å². The maximum atomic E-state index is 11.0. The largest absolute Gasteiger partial charge is 0.356 e. The Morgan fingerprint density at radius 3 is 1.55 bits per heavy atom. The van der Waals surface area contributed by atoms with Gasteiger partial charge in [0.05, 0.1) is 0 Å². The Hall–Kier alpha value is -0.530. The second kappa shape index (κ2) is 23.6. The predicted octanol–water partition coefficient (Wildman–Crippen LogP) is 6.10. The van der Waals surface area contributed by atoms with Crippen molar-refractivity contribution in [1.82, 2.24) is 5.32 Å². The number of carbonyl (C=O) groups excluding carboxylic acids is 1. The first kappa shape index (κ1) is 24.5. The van der Waals surface area contributed by atoms with Crippen molar-refractivity contribution in [2.24, 2.45) is 0 Å². The summed E-state index contributed by atoms with van der Waals surface area (Å²) < 4.78 is 0. The Balaban J connectivity index is -0.000000916. The third-order valence-corrected chi connectivity index (χ3v) is 3.17. The van der Waals surface area contributed by atoms with Crippen LogP contribution >= 0.6 is 0 Å². The molecule has 0 heterocycles. The van der Waals surface area contributed by atoms with E-state index in [1.807, 2.05) is 20.8 Å². The highest BCUT2D eigenvalue weighted by molar-refractivity contribution is 5.75. The van der Waals surface area contributed by atoms with Gasteiger partial charge in [-0.15, -0.1) is 0 Å². The normalized spacial score (nSPS) is 9.20. The lowest BCUT2D eigenvalue weighted by Crippen LogP contribution is -2.23. The summed E-state index contributed by atoms with van der Waals surface area (Å²) >= 11 is 0. The van der Waals surface area contributed by atoms with Crippen LogP contribution in [0.15, 0.2) is 0 Å². The molecule has 0 radical (unpaired) electrons. The molecular formula is C18H41NO. The van der Waals surface area contributed by atoms with Gasteiger partial charge in [0.25, 0.3) is 0 Å². The number of carbonyl (C=O) groups is 1. The molecule has 0 saturated carbocycles. The fraction of sp³-hybridized carbons (Fsp3) is 0.944. The van der Waals surface area contributed by atoms with Gasteiger partial charge in [-0.3, -0.25) is 4.79 Å². The first-order chi connectivity index (χ1) is 9.31. The molecule has 0 spiro atoms. The molecule has 0 aromatic rings. The lowest BCUT2D eigenvalue weighted by molar-refractivity contribution is -0.120. The number of hydrogen-bond donors (Lipinski definition) is 1. The molecule has 20 heavy (non-hydrogen) atoms. The number of amides is 1. The van der Waals surface area contributed by atoms with Crippen LogP contribution in [-0.4, -0.2) is 12.5 Å². The minimum Gasteiger partial charge on any atom is -0.356 e. The van der Waals surface area contributed by atoms with Crippen LogP contribution in [0.2, 0.25) is 0 Å². The van der Waals surface area contributed by atoms with Crippen LogP contribution in [0, 0.1) is 0 Å². The average Bonchev–Trinajstić information content (AvgIpc) is 2.46. The second-order valence-electron chi connectivity index (χ2n) is 4.89. The lowest BCUT2D eigenvalue weighted by atomic mass is 10.1. The number of rotatable bonds is 12. The SMILES string of the molecule is C.CC.CCCCCCCCCCCCNC(=O)CC. The van der Waals surface area contributed by atoms with Crippen molar-refractivity contribution in [3.63, 3.8) is 0 Å². The highest BCUT2D eigenvalue weighted by Gasteiger charge is 1.95. The van der Waals surface area contributed by atoms with E-state index in [2.05, 4.69) is 12.2 Å². The Morgan fingerprint density at radius 2 is 1.15 bits per heavy atom. The van der Waals surface area contributed by atoms with Gasteiger partial charge in [-0.1, -0.05) is 92.9 Å². The van der Waals surface area contributed by atoms with Gasteiger partial charge in [-0.05, 0) is 6.42 Å². The number of nitrogens with one attached hydrogen (secondary N) is 1. The zero-order valence-corrected chi connectivity index (χ0v) is 13.9. The van der Waals surface area contributed by atoms with Crippen LogP contribution in [0.4, 0.5) is 0 Å². The third-order valence-electron chi connectivity index (χ3n) is 3.17. The van der Waals surface area contributed by atoms with Crippen LogP contribution < -0.4 is 5.32 Å². The zero-order valence-electron chi connectivity index (χ0n) is 13.9. The Bertz CT molecular complexity index is 169. The van der Waals surface area contributed by atoms with Gasteiger partial charge >= 0.3 is 0 Å². The molecule has 0 fully saturated rings. The second-order valence-corrected chi connectivity index (χ2v) is 4.89. The Kier molecular flexibility index (Phi) is 28.8. The molecule has 1 N–H and O–H groups in total. The number of unbranched alkanes of at least 4 members (excludes halogenated alkanes) is 9. The summed E-state index contributed by atoms with van der Waals surface area (Å²) in [6, 6.07) is 0. The molecule has 0 atom stereocenters. The summed E-state index contributed by atoms with van der Waals surface area (Å²) in [5.41, 5.74) is 0. The highest BCUT2D eigenvalue weighted by Crippen LogP contribution is 2.10. The summed E-state index contributed by atoms with van der Waals surface area (Å²) in [4.78, 5) is 11.0. The fourth-order valence-corrected chi connectivity index (χ4v) is 1.97. The average molecular weight is 288 g/mol. The van der Waals surface area contributed by atoms with Gasteiger partial charge in [-0.2, -0.15) is 0 Å². The Morgan fingerprint density at radius 1 is 0.750 bits per heavy atom. The molecule has 0 aliphatic carbocycles. The van der Waals surface area contributed by atoms with Crippen LogP contribution in [0.1, 0.15) is 106 Å². The van der Waals surface area contributed by atoms with E-state index in [0.717, 1.165) is 13.0 Å². The van der Waals surface area contributed by atoms with E-state index >= 15 is 0 Å². The molecule has 2 nitrogen and oxygen atoms in total. The van der Waals surface area contributed by atoms with Crippen LogP contribution in [0.25, 0.3) is 0 Å². The van der Waals surface area contributed by atoms with Crippen molar-refractivity contribution < 1.29 is 4.79 Å². The molecule has 0 aliphatic rings. The van der Waals surface area contributed by atoms with Crippen molar-refractivity contribution in [1.29, 1.82) is 0 Å². The monoisotopic (exact) mass is 287 g/mol. The predicted molar refractivity (Wildman–Crippen MR) is 93.2 cm³/mol. The summed E-state index contributed by atoms with van der Waals surface area (Å²) in [5, 5.41) is 2.92. The molecule has 0 aliphatic heterocycles. The number of hydrogen-bond acceptors (Lipinski definition) is 1. The highest BCUT2D eigenvalue weighted by atomic mass is 16.1. The molecule has 1 amide bonds. The van der Waals surface area contributed by atoms with Crippen molar-refractivity contribution in [2.75, 3.05) is 6.54 Å². The topological polar surface area (TPSA) is 29.1 Å². The maximum Gasteiger partial charge on any atom is 0.219 e. The first-order valence-electron chi connectivity index (χ1n) is 8.58. The summed E-state index contributed by atoms with van der Waals surface area (Å²) in [6.07, 6.45) is 14.1. The minimum atomic E-state index is 0. The van der Waals surface area contributed by atoms with E-state index in [0.29, 0.717) is 6.42 Å². The molecule has 2 heteroatoms. The van der Waals surface area contributed by atoms with Crippen LogP contribution in [-0.2, 0) is 4.79 Å². The van der Waals surface area contributed by atoms with Gasteiger partial charge in [-0.25, -0.2) is 0 Å². The standard InChI is InChI=1S/C15H31NO.C2H6.CH4/c1-3-5-6-7-8-9-10-11-12-13-14-16-15(17)4-2;1-2;/h3-14H2,1-2H3,(H,16,17);1-2H3;1H4. The van der Waals surface area contributed by atoms with E-state index in [1.54, 1.807) is 0 Å². The van der Waals surface area contributed by atoms with E-state index in [1.165, 1.54) is 57.8 Å². The van der Waals surface area contributed by atoms with Crippen molar-refractivity contribution >= 4 is 5.91 Å². The lowest BCUT2D eigenvalue weighted by Gasteiger charge is -2.03. The van der Waals surface area contributed by atoms with E-state index < -0.39 is 0 Å². The molecule has 0 aromatic heterocycles. The molecule has 0 aromatic carbocycles. The zero-order chi connectivity index (χ0) is 14.8. The van der Waals surface area contributed by atoms with E-state index in [9.17, 15) is 4.79 Å². The molecular weight excluding hydrogens is 246 g/mol. The van der Waals surface area contributed by atoms with Gasteiger partial charge in [0.2, 0.25) is 5.91 Å². The van der Waals surface area contributed by atoms with Crippen LogP contribution in [0.5, 0.6) is 0 Å². The van der Waals surface area contributed by atoms with Gasteiger partial charge < -0.3 is 5.32 Å². The van der Waals surface area contributed by atoms with Crippen molar-refractivity contribution in [3.8, 4) is 0 Å². The van der Waals surface area contributed by atoms with Crippen molar-refractivity contribution in [2.45, 2.75) is 106 Å². The van der Waals surface area contributed by atoms with Gasteiger partial charge in [0.15, 0.2) is 0 Å². The van der Waals surface area contributed by atoms with E-state index in [4.69, 9.17) is 0 Å². The third kappa shape index (κ3) is 22.6. The molecule has 124 valence electrons. The first-order valence-corrected chi connectivity index (χ1v) is 8.58.